The van der Waals surface area contributed by atoms with Crippen LogP contribution in [-0.4, -0.2) is 49.4 Å². The maximum atomic E-state index is 11.8. The number of hydrogen-bond donors (Lipinski definition) is 0. The van der Waals surface area contributed by atoms with Crippen molar-refractivity contribution in [1.82, 2.24) is 4.98 Å². The lowest BCUT2D eigenvalue weighted by molar-refractivity contribution is 0.112. The van der Waals surface area contributed by atoms with Gasteiger partial charge >= 0.3 is 0 Å². The molecule has 1 aliphatic heterocycles. The molecule has 1 atom stereocenters. The van der Waals surface area contributed by atoms with E-state index in [-0.39, 0.29) is 5.15 Å². The number of anilines is 1. The summed E-state index contributed by atoms with van der Waals surface area (Å²) in [4.78, 5) is 16.9. The maximum Gasteiger partial charge on any atom is 0.188 e. The number of hydrogen-bond acceptors (Lipinski definition) is 7. The predicted molar refractivity (Wildman–Crippen MR) is 75.8 cm³/mol. The molecule has 1 fully saturated rings. The van der Waals surface area contributed by atoms with Gasteiger partial charge in [0.05, 0.1) is 0 Å². The number of thiazole rings is 1. The smallest absolute Gasteiger partial charge is 0.188 e. The molecule has 0 N–H and O–H groups in total. The van der Waals surface area contributed by atoms with Crippen molar-refractivity contribution >= 4 is 56.0 Å². The second kappa shape index (κ2) is 5.36. The zero-order valence-corrected chi connectivity index (χ0v) is 12.7. The number of carbonyl (C=O) groups is 1. The van der Waals surface area contributed by atoms with Crippen LogP contribution in [0.4, 0.5) is 5.13 Å². The highest BCUT2D eigenvalue weighted by Gasteiger charge is 2.33. The van der Waals surface area contributed by atoms with Crippen LogP contribution in [0.15, 0.2) is 0 Å². The second-order valence-electron chi connectivity index (χ2n) is 3.82. The van der Waals surface area contributed by atoms with Crippen molar-refractivity contribution in [2.75, 3.05) is 29.2 Å². The van der Waals surface area contributed by atoms with Crippen LogP contribution in [0.3, 0.4) is 0 Å². The minimum atomic E-state index is -3.19. The summed E-state index contributed by atoms with van der Waals surface area (Å²) < 4.78 is 23.5. The van der Waals surface area contributed by atoms with Crippen molar-refractivity contribution in [2.24, 2.45) is 0 Å². The van der Waals surface area contributed by atoms with E-state index < -0.39 is 15.2 Å². The fraction of sp³-hybridized carbons (Fsp3) is 0.556. The van der Waals surface area contributed by atoms with Gasteiger partial charge in [0.2, 0.25) is 0 Å². The molecule has 0 bridgehead atoms. The van der Waals surface area contributed by atoms with E-state index in [2.05, 4.69) is 4.98 Å². The Hall–Kier alpha value is -0.310. The fourth-order valence-corrected chi connectivity index (χ4v) is 5.68. The highest BCUT2D eigenvalue weighted by Crippen LogP contribution is 2.33. The molecule has 0 aliphatic carbocycles. The molecular formula is C9H11ClN2O3S3. The van der Waals surface area contributed by atoms with Crippen LogP contribution in [0, 0.1) is 0 Å². The number of aromatic nitrogens is 1. The van der Waals surface area contributed by atoms with Gasteiger partial charge in [-0.3, -0.25) is 4.79 Å². The molecule has 2 heterocycles. The Bertz CT molecular complexity index is 557. The topological polar surface area (TPSA) is 67.3 Å². The molecule has 1 aromatic heterocycles. The Balaban J connectivity index is 2.36. The minimum Gasteiger partial charge on any atom is -0.329 e. The molecule has 0 saturated carbocycles. The van der Waals surface area contributed by atoms with Gasteiger partial charge in [0.25, 0.3) is 0 Å². The Morgan fingerprint density at radius 1 is 1.56 bits per heavy atom. The Labute approximate surface area is 118 Å². The van der Waals surface area contributed by atoms with Crippen molar-refractivity contribution in [3.63, 3.8) is 0 Å². The molecule has 0 radical (unpaired) electrons. The van der Waals surface area contributed by atoms with E-state index in [1.165, 1.54) is 6.26 Å². The summed E-state index contributed by atoms with van der Waals surface area (Å²) in [5.41, 5.74) is 0. The number of rotatable bonds is 3. The summed E-state index contributed by atoms with van der Waals surface area (Å²) in [6.07, 6.45) is 1.85. The number of aldehydes is 1. The average Bonchev–Trinajstić information content (AvgIpc) is 2.69. The lowest BCUT2D eigenvalue weighted by Gasteiger charge is -2.33. The second-order valence-corrected chi connectivity index (χ2v) is 8.54. The molecule has 1 aliphatic rings. The predicted octanol–water partition coefficient (Wildman–Crippen LogP) is 1.53. The zero-order chi connectivity index (χ0) is 13.3. The van der Waals surface area contributed by atoms with Gasteiger partial charge in [-0.1, -0.05) is 22.9 Å². The Kier molecular flexibility index (Phi) is 4.20. The quantitative estimate of drug-likeness (QED) is 0.785. The van der Waals surface area contributed by atoms with E-state index in [1.807, 2.05) is 0 Å². The molecule has 0 spiro atoms. The largest absolute Gasteiger partial charge is 0.329 e. The van der Waals surface area contributed by atoms with E-state index in [4.69, 9.17) is 11.6 Å². The molecular weight excluding hydrogens is 316 g/mol. The first kappa shape index (κ1) is 14.1. The van der Waals surface area contributed by atoms with Crippen LogP contribution in [0.1, 0.15) is 9.67 Å². The lowest BCUT2D eigenvalue weighted by atomic mass is 10.5. The van der Waals surface area contributed by atoms with Gasteiger partial charge in [-0.25, -0.2) is 13.4 Å². The van der Waals surface area contributed by atoms with Gasteiger partial charge in [0.15, 0.2) is 26.4 Å². The van der Waals surface area contributed by atoms with Crippen molar-refractivity contribution in [3.8, 4) is 0 Å². The van der Waals surface area contributed by atoms with Gasteiger partial charge < -0.3 is 4.90 Å². The highest BCUT2D eigenvalue weighted by molar-refractivity contribution is 8.01. The molecule has 1 saturated heterocycles. The molecule has 5 nitrogen and oxygen atoms in total. The third-order valence-corrected chi connectivity index (χ3v) is 6.59. The van der Waals surface area contributed by atoms with Crippen molar-refractivity contribution in [3.05, 3.63) is 10.0 Å². The van der Waals surface area contributed by atoms with Gasteiger partial charge in [-0.2, -0.15) is 11.8 Å². The molecule has 2 rings (SSSR count). The number of halogens is 1. The van der Waals surface area contributed by atoms with Gasteiger partial charge in [0.1, 0.15) is 10.3 Å². The molecule has 18 heavy (non-hydrogen) atoms. The van der Waals surface area contributed by atoms with Crippen molar-refractivity contribution < 1.29 is 13.2 Å². The normalized spacial score (nSPS) is 21.0. The summed E-state index contributed by atoms with van der Waals surface area (Å²) in [5, 5.41) is 0.0336. The standard InChI is InChI=1S/C9H11ClN2O3S3/c1-18(14,15)7-5-16-3-2-12(7)9-11-8(10)6(4-13)17-9/h4,7H,2-3,5H2,1H3. The zero-order valence-electron chi connectivity index (χ0n) is 9.50. The molecule has 1 aromatic rings. The first-order chi connectivity index (χ1) is 8.43. The first-order valence-electron chi connectivity index (χ1n) is 5.08. The molecule has 0 amide bonds. The summed E-state index contributed by atoms with van der Waals surface area (Å²) in [5.74, 6) is 1.34. The first-order valence-corrected chi connectivity index (χ1v) is 9.38. The highest BCUT2D eigenvalue weighted by atomic mass is 35.5. The van der Waals surface area contributed by atoms with E-state index >= 15 is 0 Å². The molecule has 0 aromatic carbocycles. The van der Waals surface area contributed by atoms with E-state index in [1.54, 1.807) is 16.7 Å². The summed E-state index contributed by atoms with van der Waals surface area (Å²) >= 11 is 8.54. The number of sulfone groups is 1. The fourth-order valence-electron chi connectivity index (χ4n) is 1.65. The van der Waals surface area contributed by atoms with Crippen molar-refractivity contribution in [1.29, 1.82) is 0 Å². The summed E-state index contributed by atoms with van der Waals surface area (Å²) in [6.45, 7) is 0.588. The van der Waals surface area contributed by atoms with E-state index in [0.717, 1.165) is 17.1 Å². The van der Waals surface area contributed by atoms with Crippen molar-refractivity contribution in [2.45, 2.75) is 5.37 Å². The molecule has 9 heteroatoms. The van der Waals surface area contributed by atoms with Gasteiger partial charge in [0, 0.05) is 24.3 Å². The third kappa shape index (κ3) is 2.81. The van der Waals surface area contributed by atoms with Gasteiger partial charge in [-0.15, -0.1) is 0 Å². The number of nitrogens with zero attached hydrogens (tertiary/aromatic N) is 2. The minimum absolute atomic E-state index is 0.135. The lowest BCUT2D eigenvalue weighted by Crippen LogP contribution is -2.47. The van der Waals surface area contributed by atoms with E-state index in [9.17, 15) is 13.2 Å². The Morgan fingerprint density at radius 2 is 2.28 bits per heavy atom. The average molecular weight is 327 g/mol. The molecule has 1 unspecified atom stereocenters. The summed E-state index contributed by atoms with van der Waals surface area (Å²) in [7, 11) is -3.19. The maximum absolute atomic E-state index is 11.8. The third-order valence-electron chi connectivity index (χ3n) is 2.53. The summed E-state index contributed by atoms with van der Waals surface area (Å²) in [6, 6.07) is 0. The van der Waals surface area contributed by atoms with Gasteiger partial charge in [-0.05, 0) is 0 Å². The number of carbonyl (C=O) groups excluding carboxylic acids is 1. The Morgan fingerprint density at radius 3 is 2.83 bits per heavy atom. The van der Waals surface area contributed by atoms with Crippen LogP contribution in [0.2, 0.25) is 5.15 Å². The van der Waals surface area contributed by atoms with Crippen LogP contribution >= 0.6 is 34.7 Å². The van der Waals surface area contributed by atoms with Crippen LogP contribution in [0.25, 0.3) is 0 Å². The SMILES string of the molecule is CS(=O)(=O)C1CSCCN1c1nc(Cl)c(C=O)s1. The van der Waals surface area contributed by atoms with E-state index in [0.29, 0.717) is 28.6 Å². The van der Waals surface area contributed by atoms with Crippen LogP contribution in [-0.2, 0) is 9.84 Å². The molecule has 100 valence electrons. The van der Waals surface area contributed by atoms with Crippen LogP contribution < -0.4 is 4.90 Å². The monoisotopic (exact) mass is 326 g/mol. The number of thioether (sulfide) groups is 1. The van der Waals surface area contributed by atoms with Crippen LogP contribution in [0.5, 0.6) is 0 Å².